The van der Waals surface area contributed by atoms with Gasteiger partial charge in [0.15, 0.2) is 0 Å². The topological polar surface area (TPSA) is 29.5 Å². The molecule has 1 saturated carbocycles. The van der Waals surface area contributed by atoms with Crippen LogP contribution >= 0.6 is 0 Å². The Kier molecular flexibility index (Phi) is 2.75. The zero-order chi connectivity index (χ0) is 11.1. The van der Waals surface area contributed by atoms with Gasteiger partial charge in [0.05, 0.1) is 13.2 Å². The Balaban J connectivity index is 1.96. The molecular formula is C12H21NO2. The number of carbonyl (C=O) groups is 1. The maximum absolute atomic E-state index is 12.2. The lowest BCUT2D eigenvalue weighted by Crippen LogP contribution is -2.54. The van der Waals surface area contributed by atoms with E-state index in [0.29, 0.717) is 25.0 Å². The van der Waals surface area contributed by atoms with Crippen molar-refractivity contribution < 1.29 is 9.53 Å². The van der Waals surface area contributed by atoms with E-state index in [-0.39, 0.29) is 11.3 Å². The summed E-state index contributed by atoms with van der Waals surface area (Å²) in [7, 11) is 0. The van der Waals surface area contributed by atoms with Crippen LogP contribution in [0.3, 0.4) is 0 Å². The van der Waals surface area contributed by atoms with Crippen LogP contribution in [-0.4, -0.2) is 37.1 Å². The fourth-order valence-electron chi connectivity index (χ4n) is 2.57. The molecule has 0 bridgehead atoms. The lowest BCUT2D eigenvalue weighted by Gasteiger charge is -2.51. The van der Waals surface area contributed by atoms with Crippen LogP contribution in [0.2, 0.25) is 0 Å². The monoisotopic (exact) mass is 211 g/mol. The van der Waals surface area contributed by atoms with E-state index in [2.05, 4.69) is 20.8 Å². The van der Waals surface area contributed by atoms with Gasteiger partial charge < -0.3 is 9.64 Å². The molecule has 0 aromatic rings. The fourth-order valence-corrected chi connectivity index (χ4v) is 2.57. The summed E-state index contributed by atoms with van der Waals surface area (Å²) in [5, 5.41) is 0. The minimum Gasteiger partial charge on any atom is -0.378 e. The molecule has 3 heteroatoms. The summed E-state index contributed by atoms with van der Waals surface area (Å²) in [5.74, 6) is 1.26. The molecule has 1 saturated heterocycles. The molecule has 1 amide bonds. The van der Waals surface area contributed by atoms with Crippen molar-refractivity contribution in [2.24, 2.45) is 17.3 Å². The lowest BCUT2D eigenvalue weighted by atomic mass is 9.55. The van der Waals surface area contributed by atoms with Gasteiger partial charge in [-0.3, -0.25) is 4.79 Å². The zero-order valence-electron chi connectivity index (χ0n) is 9.95. The standard InChI is InChI=1S/C12H21NO2/c1-9-8-10(12(9,2)3)11(14)13-4-6-15-7-5-13/h9-10H,4-8H2,1-3H3/t9-,10-/m1/s1. The average Bonchev–Trinajstić information content (AvgIpc) is 2.26. The van der Waals surface area contributed by atoms with Gasteiger partial charge in [0.25, 0.3) is 0 Å². The number of morpholine rings is 1. The van der Waals surface area contributed by atoms with E-state index in [1.807, 2.05) is 4.90 Å². The average molecular weight is 211 g/mol. The lowest BCUT2D eigenvalue weighted by molar-refractivity contribution is -0.154. The van der Waals surface area contributed by atoms with Crippen LogP contribution < -0.4 is 0 Å². The van der Waals surface area contributed by atoms with Crippen molar-refractivity contribution >= 4 is 5.91 Å². The number of nitrogens with zero attached hydrogens (tertiary/aromatic N) is 1. The first-order valence-electron chi connectivity index (χ1n) is 5.90. The molecule has 0 spiro atoms. The third-order valence-corrected chi connectivity index (χ3v) is 4.38. The van der Waals surface area contributed by atoms with Crippen LogP contribution in [0.25, 0.3) is 0 Å². The number of hydrogen-bond donors (Lipinski definition) is 0. The number of rotatable bonds is 1. The van der Waals surface area contributed by atoms with Crippen molar-refractivity contribution in [1.82, 2.24) is 4.90 Å². The summed E-state index contributed by atoms with van der Waals surface area (Å²) < 4.78 is 5.26. The van der Waals surface area contributed by atoms with E-state index in [1.54, 1.807) is 0 Å². The number of amides is 1. The second kappa shape index (κ2) is 3.78. The Labute approximate surface area is 91.8 Å². The van der Waals surface area contributed by atoms with E-state index in [9.17, 15) is 4.79 Å². The van der Waals surface area contributed by atoms with Gasteiger partial charge in [-0.25, -0.2) is 0 Å². The smallest absolute Gasteiger partial charge is 0.226 e. The minimum atomic E-state index is 0.190. The molecule has 0 aromatic heterocycles. The van der Waals surface area contributed by atoms with E-state index >= 15 is 0 Å². The molecule has 1 heterocycles. The maximum atomic E-state index is 12.2. The Morgan fingerprint density at radius 1 is 1.33 bits per heavy atom. The normalized spacial score (nSPS) is 34.7. The molecule has 1 aliphatic heterocycles. The van der Waals surface area contributed by atoms with Crippen molar-refractivity contribution in [3.63, 3.8) is 0 Å². The van der Waals surface area contributed by atoms with Crippen molar-refractivity contribution in [2.75, 3.05) is 26.3 Å². The third kappa shape index (κ3) is 1.78. The molecule has 1 aliphatic carbocycles. The molecule has 0 radical (unpaired) electrons. The highest BCUT2D eigenvalue weighted by molar-refractivity contribution is 5.80. The first-order valence-corrected chi connectivity index (χ1v) is 5.90. The predicted octanol–water partition coefficient (Wildman–Crippen LogP) is 1.53. The zero-order valence-corrected chi connectivity index (χ0v) is 9.95. The molecule has 0 unspecified atom stereocenters. The van der Waals surface area contributed by atoms with E-state index < -0.39 is 0 Å². The SMILES string of the molecule is C[C@@H]1C[C@H](C(=O)N2CCOCC2)C1(C)C. The second-order valence-electron chi connectivity index (χ2n) is 5.45. The third-order valence-electron chi connectivity index (χ3n) is 4.38. The summed E-state index contributed by atoms with van der Waals surface area (Å²) in [6.07, 6.45) is 1.06. The number of hydrogen-bond acceptors (Lipinski definition) is 2. The molecule has 0 N–H and O–H groups in total. The van der Waals surface area contributed by atoms with Gasteiger partial charge in [-0.05, 0) is 17.8 Å². The van der Waals surface area contributed by atoms with Gasteiger partial charge in [0.2, 0.25) is 5.91 Å². The highest BCUT2D eigenvalue weighted by Gasteiger charge is 2.50. The van der Waals surface area contributed by atoms with Crippen molar-refractivity contribution in [3.05, 3.63) is 0 Å². The Morgan fingerprint density at radius 3 is 2.40 bits per heavy atom. The number of ether oxygens (including phenoxy) is 1. The summed E-state index contributed by atoms with van der Waals surface area (Å²) in [5.41, 5.74) is 0.190. The van der Waals surface area contributed by atoms with E-state index in [4.69, 9.17) is 4.74 Å². The van der Waals surface area contributed by atoms with Gasteiger partial charge in [-0.2, -0.15) is 0 Å². The van der Waals surface area contributed by atoms with Gasteiger partial charge in [0.1, 0.15) is 0 Å². The number of carbonyl (C=O) groups excluding carboxylic acids is 1. The Hall–Kier alpha value is -0.570. The molecule has 2 fully saturated rings. The van der Waals surface area contributed by atoms with Crippen LogP contribution in [0.5, 0.6) is 0 Å². The largest absolute Gasteiger partial charge is 0.378 e. The summed E-state index contributed by atoms with van der Waals surface area (Å²) in [4.78, 5) is 14.2. The fraction of sp³-hybridized carbons (Fsp3) is 0.917. The van der Waals surface area contributed by atoms with E-state index in [1.165, 1.54) is 0 Å². The van der Waals surface area contributed by atoms with Crippen LogP contribution in [0.1, 0.15) is 27.2 Å². The van der Waals surface area contributed by atoms with Gasteiger partial charge in [0, 0.05) is 19.0 Å². The molecule has 2 atom stereocenters. The molecule has 2 rings (SSSR count). The van der Waals surface area contributed by atoms with Crippen LogP contribution in [0.15, 0.2) is 0 Å². The molecule has 0 aromatic carbocycles. The van der Waals surface area contributed by atoms with Gasteiger partial charge >= 0.3 is 0 Å². The Bertz CT molecular complexity index is 256. The van der Waals surface area contributed by atoms with Gasteiger partial charge in [-0.1, -0.05) is 20.8 Å². The summed E-state index contributed by atoms with van der Waals surface area (Å²) in [6.45, 7) is 9.62. The minimum absolute atomic E-state index is 0.190. The quantitative estimate of drug-likeness (QED) is 0.658. The second-order valence-corrected chi connectivity index (χ2v) is 5.45. The molecular weight excluding hydrogens is 190 g/mol. The summed E-state index contributed by atoms with van der Waals surface area (Å²) in [6, 6.07) is 0. The van der Waals surface area contributed by atoms with Crippen LogP contribution in [0.4, 0.5) is 0 Å². The maximum Gasteiger partial charge on any atom is 0.226 e. The molecule has 15 heavy (non-hydrogen) atoms. The van der Waals surface area contributed by atoms with Crippen LogP contribution in [0, 0.1) is 17.3 Å². The van der Waals surface area contributed by atoms with Crippen molar-refractivity contribution in [1.29, 1.82) is 0 Å². The van der Waals surface area contributed by atoms with Gasteiger partial charge in [-0.15, -0.1) is 0 Å². The highest BCUT2D eigenvalue weighted by Crippen LogP contribution is 2.51. The van der Waals surface area contributed by atoms with Crippen molar-refractivity contribution in [2.45, 2.75) is 27.2 Å². The molecule has 3 nitrogen and oxygen atoms in total. The summed E-state index contributed by atoms with van der Waals surface area (Å²) >= 11 is 0. The van der Waals surface area contributed by atoms with Crippen LogP contribution in [-0.2, 0) is 9.53 Å². The Morgan fingerprint density at radius 2 is 1.93 bits per heavy atom. The predicted molar refractivity (Wildman–Crippen MR) is 58.5 cm³/mol. The van der Waals surface area contributed by atoms with E-state index in [0.717, 1.165) is 19.5 Å². The van der Waals surface area contributed by atoms with Crippen molar-refractivity contribution in [3.8, 4) is 0 Å². The molecule has 86 valence electrons. The first kappa shape index (κ1) is 10.9. The first-order chi connectivity index (χ1) is 7.03. The molecule has 2 aliphatic rings. The highest BCUT2D eigenvalue weighted by atomic mass is 16.5.